The number of hydrogen-bond donors (Lipinski definition) is 1. The second kappa shape index (κ2) is 2.62. The molecule has 1 unspecified atom stereocenters. The summed E-state index contributed by atoms with van der Waals surface area (Å²) < 4.78 is 1.54. The zero-order valence-electron chi connectivity index (χ0n) is 6.46. The molecule has 1 aromatic rings. The lowest BCUT2D eigenvalue weighted by atomic mass is 10.3. The largest absolute Gasteiger partial charge is 0.273 e. The van der Waals surface area contributed by atoms with Gasteiger partial charge in [-0.15, -0.1) is 0 Å². The summed E-state index contributed by atoms with van der Waals surface area (Å²) in [6.07, 6.45) is 0. The van der Waals surface area contributed by atoms with Crippen molar-refractivity contribution in [2.24, 2.45) is 0 Å². The van der Waals surface area contributed by atoms with Gasteiger partial charge >= 0.3 is 0 Å². The number of aryl methyl sites for hydroxylation is 1. The van der Waals surface area contributed by atoms with Crippen molar-refractivity contribution in [2.75, 3.05) is 0 Å². The molecular weight excluding hydrogens is 142 g/mol. The fourth-order valence-corrected chi connectivity index (χ4v) is 0.958. The van der Waals surface area contributed by atoms with Gasteiger partial charge in [0, 0.05) is 11.8 Å². The van der Waals surface area contributed by atoms with Crippen LogP contribution in [0.3, 0.4) is 0 Å². The van der Waals surface area contributed by atoms with Gasteiger partial charge < -0.3 is 0 Å². The van der Waals surface area contributed by atoms with Gasteiger partial charge in [-0.1, -0.05) is 0 Å². The average molecular weight is 151 g/mol. The zero-order valence-corrected chi connectivity index (χ0v) is 6.46. The number of nitriles is 1. The highest BCUT2D eigenvalue weighted by Crippen LogP contribution is 2.02. The SMILES string of the molecule is Cc1cc(=O)[nH]n1C(C)C#N. The molecule has 1 heterocycles. The van der Waals surface area contributed by atoms with Crippen LogP contribution in [0.2, 0.25) is 0 Å². The van der Waals surface area contributed by atoms with Crippen LogP contribution in [0.25, 0.3) is 0 Å². The summed E-state index contributed by atoms with van der Waals surface area (Å²) in [5, 5.41) is 11.1. The van der Waals surface area contributed by atoms with E-state index in [1.54, 1.807) is 18.5 Å². The second-order valence-electron chi connectivity index (χ2n) is 2.44. The third-order valence-electron chi connectivity index (χ3n) is 1.52. The van der Waals surface area contributed by atoms with Gasteiger partial charge in [-0.25, -0.2) is 0 Å². The minimum atomic E-state index is -0.308. The van der Waals surface area contributed by atoms with Crippen molar-refractivity contribution in [1.82, 2.24) is 9.78 Å². The maximum Gasteiger partial charge on any atom is 0.264 e. The number of rotatable bonds is 1. The molecule has 0 aliphatic rings. The molecule has 0 radical (unpaired) electrons. The first kappa shape index (κ1) is 7.61. The molecule has 0 fully saturated rings. The molecular formula is C7H9N3O. The van der Waals surface area contributed by atoms with Crippen LogP contribution in [0, 0.1) is 18.3 Å². The summed E-state index contributed by atoms with van der Waals surface area (Å²) in [6, 6.07) is 3.19. The molecule has 4 heteroatoms. The van der Waals surface area contributed by atoms with Crippen LogP contribution in [0.1, 0.15) is 18.7 Å². The van der Waals surface area contributed by atoms with Gasteiger partial charge in [-0.3, -0.25) is 14.6 Å². The van der Waals surface area contributed by atoms with Crippen molar-refractivity contribution in [3.63, 3.8) is 0 Å². The van der Waals surface area contributed by atoms with Gasteiger partial charge in [0.15, 0.2) is 0 Å². The number of nitrogens with zero attached hydrogens (tertiary/aromatic N) is 2. The van der Waals surface area contributed by atoms with E-state index < -0.39 is 0 Å². The predicted octanol–water partition coefficient (Wildman–Crippen LogP) is 0.569. The van der Waals surface area contributed by atoms with Crippen molar-refractivity contribution in [1.29, 1.82) is 5.26 Å². The lowest BCUT2D eigenvalue weighted by Gasteiger charge is -2.05. The molecule has 0 aliphatic heterocycles. The van der Waals surface area contributed by atoms with Gasteiger partial charge in [0.2, 0.25) is 0 Å². The summed E-state index contributed by atoms with van der Waals surface area (Å²) in [7, 11) is 0. The van der Waals surface area contributed by atoms with Crippen LogP contribution in [0.4, 0.5) is 0 Å². The highest BCUT2D eigenvalue weighted by molar-refractivity contribution is 5.01. The molecule has 1 rings (SSSR count). The quantitative estimate of drug-likeness (QED) is 0.637. The number of nitrogens with one attached hydrogen (secondary N) is 1. The van der Waals surface area contributed by atoms with E-state index in [-0.39, 0.29) is 11.6 Å². The summed E-state index contributed by atoms with van der Waals surface area (Å²) in [6.45, 7) is 3.51. The Labute approximate surface area is 64.1 Å². The number of aromatic amines is 1. The number of H-pyrrole nitrogens is 1. The van der Waals surface area contributed by atoms with Gasteiger partial charge in [0.05, 0.1) is 6.07 Å². The Morgan fingerprint density at radius 2 is 2.45 bits per heavy atom. The Hall–Kier alpha value is -1.50. The lowest BCUT2D eigenvalue weighted by Crippen LogP contribution is -2.09. The molecule has 0 aliphatic carbocycles. The smallest absolute Gasteiger partial charge is 0.264 e. The van der Waals surface area contributed by atoms with E-state index in [1.807, 2.05) is 6.07 Å². The summed E-state index contributed by atoms with van der Waals surface area (Å²) in [5.74, 6) is 0. The van der Waals surface area contributed by atoms with Crippen molar-refractivity contribution in [3.8, 4) is 6.07 Å². The Morgan fingerprint density at radius 1 is 1.82 bits per heavy atom. The molecule has 0 saturated heterocycles. The van der Waals surface area contributed by atoms with Crippen molar-refractivity contribution in [3.05, 3.63) is 22.1 Å². The highest BCUT2D eigenvalue weighted by atomic mass is 16.1. The molecule has 11 heavy (non-hydrogen) atoms. The molecule has 0 bridgehead atoms. The average Bonchev–Trinajstić information content (AvgIpc) is 2.28. The monoisotopic (exact) mass is 151 g/mol. The van der Waals surface area contributed by atoms with Gasteiger partial charge in [-0.05, 0) is 13.8 Å². The topological polar surface area (TPSA) is 61.6 Å². The normalized spacial score (nSPS) is 12.5. The van der Waals surface area contributed by atoms with E-state index in [0.717, 1.165) is 5.69 Å². The standard InChI is InChI=1S/C7H9N3O/c1-5-3-7(11)9-10(5)6(2)4-8/h3,6H,1-2H3,(H,9,11). The molecule has 0 aromatic carbocycles. The van der Waals surface area contributed by atoms with Crippen molar-refractivity contribution in [2.45, 2.75) is 19.9 Å². The van der Waals surface area contributed by atoms with Crippen LogP contribution in [0.15, 0.2) is 10.9 Å². The molecule has 1 aromatic heterocycles. The summed E-state index contributed by atoms with van der Waals surface area (Å²) >= 11 is 0. The predicted molar refractivity (Wildman–Crippen MR) is 40.1 cm³/mol. The number of hydrogen-bond acceptors (Lipinski definition) is 2. The third-order valence-corrected chi connectivity index (χ3v) is 1.52. The maximum absolute atomic E-state index is 10.7. The Morgan fingerprint density at radius 3 is 2.82 bits per heavy atom. The molecule has 1 atom stereocenters. The van der Waals surface area contributed by atoms with Crippen LogP contribution in [-0.2, 0) is 0 Å². The molecule has 0 saturated carbocycles. The second-order valence-corrected chi connectivity index (χ2v) is 2.44. The van der Waals surface area contributed by atoms with E-state index in [4.69, 9.17) is 5.26 Å². The third kappa shape index (κ3) is 1.32. The molecule has 1 N–H and O–H groups in total. The minimum Gasteiger partial charge on any atom is -0.273 e. The van der Waals surface area contributed by atoms with Crippen molar-refractivity contribution < 1.29 is 0 Å². The van der Waals surface area contributed by atoms with Gasteiger partial charge in [-0.2, -0.15) is 5.26 Å². The minimum absolute atomic E-state index is 0.162. The van der Waals surface area contributed by atoms with E-state index in [2.05, 4.69) is 5.10 Å². The molecule has 58 valence electrons. The molecule has 4 nitrogen and oxygen atoms in total. The number of aromatic nitrogens is 2. The first-order valence-electron chi connectivity index (χ1n) is 3.33. The highest BCUT2D eigenvalue weighted by Gasteiger charge is 2.05. The molecule has 0 amide bonds. The Kier molecular flexibility index (Phi) is 1.81. The summed E-state index contributed by atoms with van der Waals surface area (Å²) in [4.78, 5) is 10.7. The Bertz CT molecular complexity index is 341. The zero-order chi connectivity index (χ0) is 8.43. The van der Waals surface area contributed by atoms with E-state index >= 15 is 0 Å². The lowest BCUT2D eigenvalue weighted by molar-refractivity contribution is 0.570. The summed E-state index contributed by atoms with van der Waals surface area (Å²) in [5.41, 5.74) is 0.619. The Balaban J connectivity index is 3.15. The van der Waals surface area contributed by atoms with Gasteiger partial charge in [0.1, 0.15) is 6.04 Å². The fraction of sp³-hybridized carbons (Fsp3) is 0.429. The van der Waals surface area contributed by atoms with Crippen LogP contribution < -0.4 is 5.56 Å². The van der Waals surface area contributed by atoms with E-state index in [1.165, 1.54) is 6.07 Å². The van der Waals surface area contributed by atoms with Crippen LogP contribution in [-0.4, -0.2) is 9.78 Å². The maximum atomic E-state index is 10.7. The first-order chi connectivity index (χ1) is 5.15. The van der Waals surface area contributed by atoms with Crippen LogP contribution in [0.5, 0.6) is 0 Å². The van der Waals surface area contributed by atoms with Crippen LogP contribution >= 0.6 is 0 Å². The molecule has 0 spiro atoms. The van der Waals surface area contributed by atoms with E-state index in [9.17, 15) is 4.79 Å². The fourth-order valence-electron chi connectivity index (χ4n) is 0.958. The van der Waals surface area contributed by atoms with Gasteiger partial charge in [0.25, 0.3) is 5.56 Å². The first-order valence-corrected chi connectivity index (χ1v) is 3.33. The van der Waals surface area contributed by atoms with E-state index in [0.29, 0.717) is 0 Å². The van der Waals surface area contributed by atoms with Crippen molar-refractivity contribution >= 4 is 0 Å².